The lowest BCUT2D eigenvalue weighted by Crippen LogP contribution is -2.22. The second kappa shape index (κ2) is 8.28. The Morgan fingerprint density at radius 1 is 1.03 bits per heavy atom. The van der Waals surface area contributed by atoms with Gasteiger partial charge in [0.2, 0.25) is 11.2 Å². The molecule has 0 atom stereocenters. The average molecular weight is 442 g/mol. The lowest BCUT2D eigenvalue weighted by atomic mass is 10.1. The Kier molecular flexibility index (Phi) is 5.17. The fraction of sp³-hybridized carbons (Fsp3) is 0.0800. The van der Waals surface area contributed by atoms with Gasteiger partial charge < -0.3 is 9.15 Å². The molecule has 0 aliphatic heterocycles. The number of aryl methyl sites for hydroxylation is 1. The largest absolute Gasteiger partial charge is 0.476 e. The van der Waals surface area contributed by atoms with Crippen LogP contribution in [0, 0.1) is 6.92 Å². The first-order chi connectivity index (χ1) is 15.6. The predicted molar refractivity (Wildman–Crippen MR) is 126 cm³/mol. The third-order valence-corrected chi connectivity index (χ3v) is 5.94. The molecule has 0 unspecified atom stereocenters. The maximum Gasteiger partial charge on any atom is 0.264 e. The van der Waals surface area contributed by atoms with Gasteiger partial charge in [-0.05, 0) is 30.7 Å². The van der Waals surface area contributed by atoms with Gasteiger partial charge in [0.15, 0.2) is 17.5 Å². The number of hydrogen-bond donors (Lipinski definition) is 1. The maximum absolute atomic E-state index is 13.1. The van der Waals surface area contributed by atoms with E-state index in [1.807, 2.05) is 55.5 Å². The summed E-state index contributed by atoms with van der Waals surface area (Å²) < 4.78 is 12.7. The lowest BCUT2D eigenvalue weighted by Gasteiger charge is -2.11. The fourth-order valence-corrected chi connectivity index (χ4v) is 4.43. The van der Waals surface area contributed by atoms with Gasteiger partial charge in [-0.2, -0.15) is 0 Å². The molecule has 0 saturated carbocycles. The van der Waals surface area contributed by atoms with Crippen LogP contribution in [0.25, 0.3) is 32.5 Å². The van der Waals surface area contributed by atoms with Crippen molar-refractivity contribution in [2.24, 2.45) is 0 Å². The van der Waals surface area contributed by atoms with E-state index in [0.717, 1.165) is 15.8 Å². The number of hydrogen-bond acceptors (Lipinski definition) is 6. The molecular formula is C25H18N2O4S. The van der Waals surface area contributed by atoms with Crippen LogP contribution in [0.1, 0.15) is 5.56 Å². The molecule has 0 aliphatic carbocycles. The molecule has 6 nitrogen and oxygen atoms in total. The highest BCUT2D eigenvalue weighted by Gasteiger charge is 2.19. The summed E-state index contributed by atoms with van der Waals surface area (Å²) in [6.07, 6.45) is 0. The number of nitrogens with one attached hydrogen (secondary N) is 1. The summed E-state index contributed by atoms with van der Waals surface area (Å²) in [5, 5.41) is 3.63. The minimum Gasteiger partial charge on any atom is -0.476 e. The number of amides is 1. The summed E-state index contributed by atoms with van der Waals surface area (Å²) >= 11 is 1.39. The number of ether oxygens (including phenoxy) is 1. The molecule has 1 N–H and O–H groups in total. The van der Waals surface area contributed by atoms with Crippen molar-refractivity contribution >= 4 is 43.6 Å². The highest BCUT2D eigenvalue weighted by molar-refractivity contribution is 7.22. The van der Waals surface area contributed by atoms with Crippen molar-refractivity contribution in [3.63, 3.8) is 0 Å². The number of benzene rings is 3. The summed E-state index contributed by atoms with van der Waals surface area (Å²) in [5.74, 6) is -0.115. The maximum atomic E-state index is 13.1. The normalized spacial score (nSPS) is 11.0. The van der Waals surface area contributed by atoms with Crippen LogP contribution in [-0.2, 0) is 4.79 Å². The van der Waals surface area contributed by atoms with Gasteiger partial charge in [0.1, 0.15) is 5.58 Å². The Morgan fingerprint density at radius 2 is 1.81 bits per heavy atom. The van der Waals surface area contributed by atoms with E-state index in [0.29, 0.717) is 21.7 Å². The molecule has 2 aromatic heterocycles. The van der Waals surface area contributed by atoms with Crippen molar-refractivity contribution in [1.82, 2.24) is 4.98 Å². The number of aromatic nitrogens is 1. The minimum atomic E-state index is -0.409. The van der Waals surface area contributed by atoms with E-state index in [4.69, 9.17) is 9.15 Å². The molecule has 5 rings (SSSR count). The van der Waals surface area contributed by atoms with Gasteiger partial charge >= 0.3 is 0 Å². The molecule has 3 aromatic carbocycles. The molecule has 1 amide bonds. The zero-order valence-corrected chi connectivity index (χ0v) is 17.9. The predicted octanol–water partition coefficient (Wildman–Crippen LogP) is 5.40. The molecule has 0 spiro atoms. The number of anilines is 1. The molecule has 0 aliphatic rings. The van der Waals surface area contributed by atoms with Gasteiger partial charge in [-0.15, -0.1) is 0 Å². The number of fused-ring (bicyclic) bond motifs is 2. The Bertz CT molecular complexity index is 1510. The standard InChI is InChI=1S/C25H18N2O4S/c1-15-8-7-13-19-21(15)27-25(32-19)26-20(28)14-30-24-22(29)17-11-5-6-12-18(17)31-23(24)16-9-3-2-4-10-16/h2-13H,14H2,1H3,(H,26,27,28). The number of nitrogens with zero attached hydrogens (tertiary/aromatic N) is 1. The smallest absolute Gasteiger partial charge is 0.264 e. The summed E-state index contributed by atoms with van der Waals surface area (Å²) in [4.78, 5) is 30.2. The van der Waals surface area contributed by atoms with Crippen LogP contribution in [0.15, 0.2) is 82.0 Å². The second-order valence-electron chi connectivity index (χ2n) is 7.23. The summed E-state index contributed by atoms with van der Waals surface area (Å²) in [6.45, 7) is 1.62. The van der Waals surface area contributed by atoms with Crippen molar-refractivity contribution < 1.29 is 13.9 Å². The van der Waals surface area contributed by atoms with E-state index >= 15 is 0 Å². The summed E-state index contributed by atoms with van der Waals surface area (Å²) in [7, 11) is 0. The van der Waals surface area contributed by atoms with E-state index in [9.17, 15) is 9.59 Å². The Morgan fingerprint density at radius 3 is 2.62 bits per heavy atom. The first kappa shape index (κ1) is 20.0. The van der Waals surface area contributed by atoms with E-state index in [1.54, 1.807) is 24.3 Å². The molecule has 2 heterocycles. The van der Waals surface area contributed by atoms with E-state index in [-0.39, 0.29) is 23.5 Å². The lowest BCUT2D eigenvalue weighted by molar-refractivity contribution is -0.118. The molecular weight excluding hydrogens is 424 g/mol. The van der Waals surface area contributed by atoms with Gasteiger partial charge in [-0.3, -0.25) is 14.9 Å². The van der Waals surface area contributed by atoms with Gasteiger partial charge in [0.25, 0.3) is 5.91 Å². The van der Waals surface area contributed by atoms with Crippen molar-refractivity contribution in [2.45, 2.75) is 6.92 Å². The highest BCUT2D eigenvalue weighted by Crippen LogP contribution is 2.31. The molecule has 0 saturated heterocycles. The molecule has 0 radical (unpaired) electrons. The summed E-state index contributed by atoms with van der Waals surface area (Å²) in [5.41, 5.74) is 2.71. The zero-order valence-electron chi connectivity index (χ0n) is 17.1. The SMILES string of the molecule is Cc1cccc2sc(NC(=O)COc3c(-c4ccccc4)oc4ccccc4c3=O)nc12. The monoisotopic (exact) mass is 442 g/mol. The molecule has 32 heavy (non-hydrogen) atoms. The fourth-order valence-electron chi connectivity index (χ4n) is 3.47. The Hall–Kier alpha value is -3.97. The first-order valence-corrected chi connectivity index (χ1v) is 10.8. The first-order valence-electron chi connectivity index (χ1n) is 10.0. The molecule has 5 aromatic rings. The highest BCUT2D eigenvalue weighted by atomic mass is 32.1. The van der Waals surface area contributed by atoms with Gasteiger partial charge in [-0.25, -0.2) is 4.98 Å². The van der Waals surface area contributed by atoms with Crippen molar-refractivity contribution in [1.29, 1.82) is 0 Å². The summed E-state index contributed by atoms with van der Waals surface area (Å²) in [6, 6.07) is 22.0. The number of carbonyl (C=O) groups excluding carboxylic acids is 1. The van der Waals surface area contributed by atoms with Crippen molar-refractivity contribution in [3.05, 3.63) is 88.6 Å². The van der Waals surface area contributed by atoms with Crippen LogP contribution >= 0.6 is 11.3 Å². The topological polar surface area (TPSA) is 81.4 Å². The van der Waals surface area contributed by atoms with Crippen LogP contribution < -0.4 is 15.5 Å². The van der Waals surface area contributed by atoms with Crippen LogP contribution in [0.3, 0.4) is 0 Å². The quantitative estimate of drug-likeness (QED) is 0.394. The van der Waals surface area contributed by atoms with Gasteiger partial charge in [-0.1, -0.05) is 65.9 Å². The Balaban J connectivity index is 1.44. The third-order valence-electron chi connectivity index (χ3n) is 5.01. The van der Waals surface area contributed by atoms with Crippen LogP contribution in [0.5, 0.6) is 5.75 Å². The van der Waals surface area contributed by atoms with Gasteiger partial charge in [0, 0.05) is 5.56 Å². The number of rotatable bonds is 5. The number of para-hydroxylation sites is 2. The molecule has 0 fully saturated rings. The minimum absolute atomic E-state index is 0.00481. The second-order valence-corrected chi connectivity index (χ2v) is 8.26. The van der Waals surface area contributed by atoms with Crippen LogP contribution in [-0.4, -0.2) is 17.5 Å². The van der Waals surface area contributed by atoms with Crippen LogP contribution in [0.2, 0.25) is 0 Å². The Labute approximate surface area is 187 Å². The van der Waals surface area contributed by atoms with Crippen molar-refractivity contribution in [2.75, 3.05) is 11.9 Å². The number of carbonyl (C=O) groups is 1. The number of thiazole rings is 1. The van der Waals surface area contributed by atoms with E-state index in [2.05, 4.69) is 10.3 Å². The van der Waals surface area contributed by atoms with E-state index < -0.39 is 5.91 Å². The molecule has 0 bridgehead atoms. The van der Waals surface area contributed by atoms with Gasteiger partial charge in [0.05, 0.1) is 15.6 Å². The molecule has 7 heteroatoms. The zero-order chi connectivity index (χ0) is 22.1. The average Bonchev–Trinajstić information content (AvgIpc) is 3.23. The molecule has 158 valence electrons. The third kappa shape index (κ3) is 3.74. The van der Waals surface area contributed by atoms with Crippen molar-refractivity contribution in [3.8, 4) is 17.1 Å². The van der Waals surface area contributed by atoms with Crippen LogP contribution in [0.4, 0.5) is 5.13 Å². The van der Waals surface area contributed by atoms with E-state index in [1.165, 1.54) is 11.3 Å².